The Kier molecular flexibility index (Phi) is 8.61. The van der Waals surface area contributed by atoms with Crippen molar-refractivity contribution < 1.29 is 33.6 Å². The highest BCUT2D eigenvalue weighted by Gasteiger charge is 2.34. The average Bonchev–Trinajstić information content (AvgIpc) is 2.80. The van der Waals surface area contributed by atoms with Crippen molar-refractivity contribution in [2.45, 2.75) is 25.3 Å². The summed E-state index contributed by atoms with van der Waals surface area (Å²) in [6.45, 7) is 1.35. The van der Waals surface area contributed by atoms with Gasteiger partial charge in [0.15, 0.2) is 0 Å². The normalized spacial score (nSPS) is 12.1. The fraction of sp³-hybridized carbons (Fsp3) is 0.273. The van der Waals surface area contributed by atoms with Crippen molar-refractivity contribution in [3.63, 3.8) is 0 Å². The van der Waals surface area contributed by atoms with Crippen LogP contribution in [0.4, 0.5) is 11.4 Å². The van der Waals surface area contributed by atoms with Gasteiger partial charge in [-0.1, -0.05) is 12.1 Å². The summed E-state index contributed by atoms with van der Waals surface area (Å²) in [6.07, 6.45) is -0.296. The highest BCUT2D eigenvalue weighted by Crippen LogP contribution is 2.27. The SMILES string of the molecule is COC(=O)C[C@H](c1ccc([N+](=O)[O-])cc1)[C@@H](NC(=O)c1ccc(NC(C)=O)cc1)C(=O)OC. The van der Waals surface area contributed by atoms with E-state index in [4.69, 9.17) is 9.47 Å². The van der Waals surface area contributed by atoms with Crippen molar-refractivity contribution in [3.05, 3.63) is 69.8 Å². The Hall–Kier alpha value is -4.28. The molecule has 0 aliphatic rings. The molecular weight excluding hydrogens is 434 g/mol. The number of esters is 2. The number of anilines is 1. The first-order valence-electron chi connectivity index (χ1n) is 9.73. The van der Waals surface area contributed by atoms with Gasteiger partial charge in [-0.2, -0.15) is 0 Å². The molecule has 11 heteroatoms. The number of carbonyl (C=O) groups excluding carboxylic acids is 4. The monoisotopic (exact) mass is 457 g/mol. The van der Waals surface area contributed by atoms with Gasteiger partial charge in [-0.25, -0.2) is 4.79 Å². The van der Waals surface area contributed by atoms with E-state index >= 15 is 0 Å². The van der Waals surface area contributed by atoms with Crippen LogP contribution in [0.2, 0.25) is 0 Å². The van der Waals surface area contributed by atoms with Crippen LogP contribution in [0, 0.1) is 10.1 Å². The number of hydrogen-bond donors (Lipinski definition) is 2. The van der Waals surface area contributed by atoms with Gasteiger partial charge < -0.3 is 20.1 Å². The number of nitrogens with zero attached hydrogens (tertiary/aromatic N) is 1. The number of nitro benzene ring substituents is 1. The average molecular weight is 457 g/mol. The molecule has 0 bridgehead atoms. The van der Waals surface area contributed by atoms with E-state index in [9.17, 15) is 29.3 Å². The lowest BCUT2D eigenvalue weighted by molar-refractivity contribution is -0.384. The number of nitrogens with one attached hydrogen (secondary N) is 2. The number of carbonyl (C=O) groups is 4. The number of rotatable bonds is 9. The second-order valence-corrected chi connectivity index (χ2v) is 6.97. The molecule has 2 aromatic rings. The zero-order valence-electron chi connectivity index (χ0n) is 18.2. The topological polar surface area (TPSA) is 154 Å². The van der Waals surface area contributed by atoms with Crippen molar-refractivity contribution in [2.75, 3.05) is 19.5 Å². The maximum atomic E-state index is 12.8. The lowest BCUT2D eigenvalue weighted by Crippen LogP contribution is -2.46. The number of amides is 2. The van der Waals surface area contributed by atoms with Crippen molar-refractivity contribution in [2.24, 2.45) is 0 Å². The summed E-state index contributed by atoms with van der Waals surface area (Å²) < 4.78 is 9.55. The molecule has 0 saturated heterocycles. The maximum Gasteiger partial charge on any atom is 0.329 e. The second kappa shape index (κ2) is 11.4. The van der Waals surface area contributed by atoms with Gasteiger partial charge >= 0.3 is 11.9 Å². The van der Waals surface area contributed by atoms with Crippen LogP contribution in [0.3, 0.4) is 0 Å². The third kappa shape index (κ3) is 6.86. The second-order valence-electron chi connectivity index (χ2n) is 6.97. The van der Waals surface area contributed by atoms with E-state index in [1.807, 2.05) is 0 Å². The molecule has 0 aromatic heterocycles. The van der Waals surface area contributed by atoms with Crippen LogP contribution in [-0.4, -0.2) is 48.9 Å². The van der Waals surface area contributed by atoms with Gasteiger partial charge in [0.2, 0.25) is 5.91 Å². The van der Waals surface area contributed by atoms with Crippen LogP contribution < -0.4 is 10.6 Å². The van der Waals surface area contributed by atoms with Gasteiger partial charge in [-0.05, 0) is 29.8 Å². The van der Waals surface area contributed by atoms with Gasteiger partial charge in [-0.3, -0.25) is 24.5 Å². The van der Waals surface area contributed by atoms with Crippen molar-refractivity contribution in [1.82, 2.24) is 5.32 Å². The summed E-state index contributed by atoms with van der Waals surface area (Å²) >= 11 is 0. The van der Waals surface area contributed by atoms with Crippen LogP contribution in [0.1, 0.15) is 35.2 Å². The molecular formula is C22H23N3O8. The lowest BCUT2D eigenvalue weighted by atomic mass is 9.88. The van der Waals surface area contributed by atoms with Gasteiger partial charge in [-0.15, -0.1) is 0 Å². The molecule has 2 aromatic carbocycles. The predicted octanol–water partition coefficient (Wildman–Crippen LogP) is 2.17. The summed E-state index contributed by atoms with van der Waals surface area (Å²) in [5.74, 6) is -3.29. The zero-order valence-corrected chi connectivity index (χ0v) is 18.2. The summed E-state index contributed by atoms with van der Waals surface area (Å²) in [5, 5.41) is 16.1. The number of nitro groups is 1. The van der Waals surface area contributed by atoms with E-state index in [-0.39, 0.29) is 23.6 Å². The van der Waals surface area contributed by atoms with E-state index in [2.05, 4.69) is 10.6 Å². The van der Waals surface area contributed by atoms with E-state index in [0.717, 1.165) is 7.11 Å². The molecule has 2 amide bonds. The molecule has 174 valence electrons. The Morgan fingerprint density at radius 1 is 0.970 bits per heavy atom. The molecule has 0 aliphatic heterocycles. The first-order valence-corrected chi connectivity index (χ1v) is 9.73. The number of benzene rings is 2. The van der Waals surface area contributed by atoms with Gasteiger partial charge in [0.1, 0.15) is 6.04 Å². The summed E-state index contributed by atoms with van der Waals surface area (Å²) in [4.78, 5) is 59.0. The quantitative estimate of drug-likeness (QED) is 0.330. The largest absolute Gasteiger partial charge is 0.469 e. The fourth-order valence-corrected chi connectivity index (χ4v) is 3.12. The summed E-state index contributed by atoms with van der Waals surface area (Å²) in [6, 6.07) is 9.92. The highest BCUT2D eigenvalue weighted by molar-refractivity contribution is 5.98. The Balaban J connectivity index is 2.36. The molecule has 0 aliphatic carbocycles. The number of ether oxygens (including phenoxy) is 2. The maximum absolute atomic E-state index is 12.8. The first-order chi connectivity index (χ1) is 15.7. The van der Waals surface area contributed by atoms with E-state index in [1.54, 1.807) is 0 Å². The van der Waals surface area contributed by atoms with Crippen LogP contribution in [-0.2, 0) is 23.9 Å². The summed E-state index contributed by atoms with van der Waals surface area (Å²) in [7, 11) is 2.31. The molecule has 33 heavy (non-hydrogen) atoms. The fourth-order valence-electron chi connectivity index (χ4n) is 3.12. The summed E-state index contributed by atoms with van der Waals surface area (Å²) in [5.41, 5.74) is 0.896. The Bertz CT molecular complexity index is 1030. The molecule has 0 heterocycles. The van der Waals surface area contributed by atoms with E-state index < -0.39 is 34.7 Å². The van der Waals surface area contributed by atoms with Gasteiger partial charge in [0.05, 0.1) is 25.6 Å². The number of methoxy groups -OCH3 is 2. The van der Waals surface area contributed by atoms with Crippen molar-refractivity contribution in [3.8, 4) is 0 Å². The zero-order chi connectivity index (χ0) is 24.5. The highest BCUT2D eigenvalue weighted by atomic mass is 16.6. The third-order valence-corrected chi connectivity index (χ3v) is 4.76. The molecule has 0 fully saturated rings. The molecule has 2 atom stereocenters. The van der Waals surface area contributed by atoms with Gasteiger partial charge in [0.25, 0.3) is 11.6 Å². The van der Waals surface area contributed by atoms with Crippen LogP contribution in [0.15, 0.2) is 48.5 Å². The van der Waals surface area contributed by atoms with Gasteiger partial charge in [0, 0.05) is 36.2 Å². The number of non-ortho nitro benzene ring substituents is 1. The minimum Gasteiger partial charge on any atom is -0.469 e. The molecule has 2 rings (SSSR count). The van der Waals surface area contributed by atoms with Crippen LogP contribution in [0.5, 0.6) is 0 Å². The molecule has 0 spiro atoms. The molecule has 0 unspecified atom stereocenters. The predicted molar refractivity (Wildman–Crippen MR) is 116 cm³/mol. The molecule has 0 saturated carbocycles. The van der Waals surface area contributed by atoms with Crippen LogP contribution in [0.25, 0.3) is 0 Å². The molecule has 0 radical (unpaired) electrons. The Labute approximate surface area is 189 Å². The Morgan fingerprint density at radius 3 is 2.06 bits per heavy atom. The van der Waals surface area contributed by atoms with Crippen LogP contribution >= 0.6 is 0 Å². The molecule has 2 N–H and O–H groups in total. The first kappa shape index (κ1) is 25.0. The lowest BCUT2D eigenvalue weighted by Gasteiger charge is -2.26. The van der Waals surface area contributed by atoms with E-state index in [1.165, 1.54) is 62.6 Å². The number of hydrogen-bond acceptors (Lipinski definition) is 8. The van der Waals surface area contributed by atoms with Crippen molar-refractivity contribution >= 4 is 35.1 Å². The minimum atomic E-state index is -1.29. The van der Waals surface area contributed by atoms with E-state index in [0.29, 0.717) is 11.3 Å². The van der Waals surface area contributed by atoms with Crippen molar-refractivity contribution in [1.29, 1.82) is 0 Å². The Morgan fingerprint density at radius 2 is 1.58 bits per heavy atom. The smallest absolute Gasteiger partial charge is 0.329 e. The molecule has 11 nitrogen and oxygen atoms in total. The minimum absolute atomic E-state index is 0.173. The standard InChI is InChI=1S/C22H23N3O8/c1-13(26)23-16-8-4-15(5-9-16)21(28)24-20(22(29)33-3)18(12-19(27)32-2)14-6-10-17(11-7-14)25(30)31/h4-11,18,20H,12H2,1-3H3,(H,23,26)(H,24,28)/t18-,20-/m1/s1. The third-order valence-electron chi connectivity index (χ3n) is 4.76.